The largest absolute Gasteiger partial charge is 0.328 e. The van der Waals surface area contributed by atoms with Crippen molar-refractivity contribution in [1.29, 1.82) is 0 Å². The zero-order valence-corrected chi connectivity index (χ0v) is 11.6. The number of hydrogen-bond donors (Lipinski definition) is 1. The maximum Gasteiger partial charge on any atom is 0.230 e. The van der Waals surface area contributed by atoms with Crippen LogP contribution in [0.2, 0.25) is 0 Å². The fourth-order valence-corrected chi connectivity index (χ4v) is 2.93. The highest BCUT2D eigenvalue weighted by Crippen LogP contribution is 2.36. The van der Waals surface area contributed by atoms with E-state index >= 15 is 0 Å². The van der Waals surface area contributed by atoms with Crippen molar-refractivity contribution in [2.45, 2.75) is 45.1 Å². The van der Waals surface area contributed by atoms with Crippen molar-refractivity contribution in [1.82, 2.24) is 0 Å². The minimum atomic E-state index is 0.186. The van der Waals surface area contributed by atoms with Crippen molar-refractivity contribution in [3.05, 3.63) is 29.3 Å². The van der Waals surface area contributed by atoms with E-state index in [0.717, 1.165) is 44.3 Å². The maximum atomic E-state index is 12.3. The summed E-state index contributed by atoms with van der Waals surface area (Å²) >= 11 is 0. The summed E-state index contributed by atoms with van der Waals surface area (Å²) in [4.78, 5) is 14.3. The number of rotatable bonds is 3. The van der Waals surface area contributed by atoms with Crippen molar-refractivity contribution in [2.75, 3.05) is 11.4 Å². The van der Waals surface area contributed by atoms with Crippen molar-refractivity contribution >= 4 is 11.6 Å². The highest BCUT2D eigenvalue weighted by molar-refractivity contribution is 5.97. The first kappa shape index (κ1) is 12.7. The molecule has 1 aliphatic heterocycles. The molecule has 3 nitrogen and oxygen atoms in total. The fraction of sp³-hybridized carbons (Fsp3) is 0.562. The molecule has 19 heavy (non-hydrogen) atoms. The van der Waals surface area contributed by atoms with Gasteiger partial charge in [-0.15, -0.1) is 0 Å². The Balaban J connectivity index is 1.85. The summed E-state index contributed by atoms with van der Waals surface area (Å²) in [5.74, 6) is 0.635. The quantitative estimate of drug-likeness (QED) is 0.904. The number of carbonyl (C=O) groups excluding carboxylic acids is 1. The summed E-state index contributed by atoms with van der Waals surface area (Å²) in [5.41, 5.74) is 9.60. The first-order valence-corrected chi connectivity index (χ1v) is 7.34. The van der Waals surface area contributed by atoms with Gasteiger partial charge in [-0.05, 0) is 56.2 Å². The number of benzene rings is 1. The normalized spacial score (nSPS) is 20.0. The molecule has 102 valence electrons. The molecule has 0 saturated heterocycles. The molecule has 1 aromatic carbocycles. The Morgan fingerprint density at radius 2 is 2.26 bits per heavy atom. The molecule has 1 atom stereocenters. The van der Waals surface area contributed by atoms with E-state index in [9.17, 15) is 4.79 Å². The predicted molar refractivity (Wildman–Crippen MR) is 77.2 cm³/mol. The Kier molecular flexibility index (Phi) is 3.31. The molecule has 0 spiro atoms. The summed E-state index contributed by atoms with van der Waals surface area (Å²) in [6.07, 6.45) is 5.22. The van der Waals surface area contributed by atoms with Gasteiger partial charge in [-0.2, -0.15) is 0 Å². The monoisotopic (exact) mass is 258 g/mol. The third kappa shape index (κ3) is 2.66. The van der Waals surface area contributed by atoms with E-state index < -0.39 is 0 Å². The second-order valence-electron chi connectivity index (χ2n) is 6.01. The minimum Gasteiger partial charge on any atom is -0.328 e. The molecule has 2 aliphatic rings. The lowest BCUT2D eigenvalue weighted by atomic mass is 9.96. The van der Waals surface area contributed by atoms with Crippen LogP contribution in [0.15, 0.2) is 18.2 Å². The molecule has 1 aliphatic carbocycles. The van der Waals surface area contributed by atoms with E-state index in [1.807, 2.05) is 11.8 Å². The summed E-state index contributed by atoms with van der Waals surface area (Å²) < 4.78 is 0. The molecule has 1 heterocycles. The molecule has 1 saturated carbocycles. The van der Waals surface area contributed by atoms with Gasteiger partial charge >= 0.3 is 0 Å². The van der Waals surface area contributed by atoms with Crippen molar-refractivity contribution in [3.63, 3.8) is 0 Å². The number of aryl methyl sites for hydroxylation is 1. The number of hydrogen-bond acceptors (Lipinski definition) is 2. The van der Waals surface area contributed by atoms with E-state index in [4.69, 9.17) is 5.73 Å². The molecular formula is C16H22N2O. The molecule has 1 unspecified atom stereocenters. The Morgan fingerprint density at radius 1 is 1.47 bits per heavy atom. The van der Waals surface area contributed by atoms with Gasteiger partial charge < -0.3 is 10.6 Å². The van der Waals surface area contributed by atoms with Crippen LogP contribution in [0.3, 0.4) is 0 Å². The molecule has 0 aromatic heterocycles. The van der Waals surface area contributed by atoms with Gasteiger partial charge in [0.25, 0.3) is 0 Å². The van der Waals surface area contributed by atoms with Crippen LogP contribution in [-0.2, 0) is 17.6 Å². The van der Waals surface area contributed by atoms with Gasteiger partial charge in [-0.25, -0.2) is 0 Å². The first-order valence-electron chi connectivity index (χ1n) is 7.34. The van der Waals surface area contributed by atoms with E-state index in [1.54, 1.807) is 0 Å². The van der Waals surface area contributed by atoms with Crippen molar-refractivity contribution < 1.29 is 4.79 Å². The molecule has 1 aromatic rings. The maximum absolute atomic E-state index is 12.3. The van der Waals surface area contributed by atoms with Gasteiger partial charge in [0.2, 0.25) is 5.91 Å². The number of amides is 1. The van der Waals surface area contributed by atoms with Crippen LogP contribution in [-0.4, -0.2) is 18.5 Å². The highest BCUT2D eigenvalue weighted by atomic mass is 16.2. The van der Waals surface area contributed by atoms with E-state index in [0.29, 0.717) is 11.8 Å². The van der Waals surface area contributed by atoms with E-state index in [-0.39, 0.29) is 6.04 Å². The second-order valence-corrected chi connectivity index (χ2v) is 6.01. The van der Waals surface area contributed by atoms with Crippen molar-refractivity contribution in [2.24, 2.45) is 11.7 Å². The average molecular weight is 258 g/mol. The topological polar surface area (TPSA) is 46.3 Å². The van der Waals surface area contributed by atoms with Crippen LogP contribution >= 0.6 is 0 Å². The Bertz CT molecular complexity index is 492. The van der Waals surface area contributed by atoms with Crippen LogP contribution < -0.4 is 10.6 Å². The van der Waals surface area contributed by atoms with Gasteiger partial charge in [0.1, 0.15) is 0 Å². The van der Waals surface area contributed by atoms with Crippen LogP contribution in [0, 0.1) is 5.92 Å². The van der Waals surface area contributed by atoms with E-state index in [2.05, 4.69) is 18.2 Å². The second kappa shape index (κ2) is 4.97. The Labute approximate surface area is 114 Å². The van der Waals surface area contributed by atoms with Gasteiger partial charge in [-0.3, -0.25) is 4.79 Å². The fourth-order valence-electron chi connectivity index (χ4n) is 2.93. The predicted octanol–water partition coefficient (Wildman–Crippen LogP) is 2.27. The minimum absolute atomic E-state index is 0.186. The molecular weight excluding hydrogens is 236 g/mol. The smallest absolute Gasteiger partial charge is 0.230 e. The van der Waals surface area contributed by atoms with Crippen molar-refractivity contribution in [3.8, 4) is 0 Å². The molecule has 2 N–H and O–H groups in total. The molecule has 1 amide bonds. The third-order valence-corrected chi connectivity index (χ3v) is 4.01. The standard InChI is InChI=1S/C16H22N2O/c1-11(17)9-12-4-7-15-14(10-12)3-2-8-18(15)16(19)13-5-6-13/h4,7,10-11,13H,2-3,5-6,8-9,17H2,1H3. The lowest BCUT2D eigenvalue weighted by Crippen LogP contribution is -2.36. The lowest BCUT2D eigenvalue weighted by Gasteiger charge is -2.30. The van der Waals surface area contributed by atoms with Crippen LogP contribution in [0.25, 0.3) is 0 Å². The van der Waals surface area contributed by atoms with Gasteiger partial charge in [0, 0.05) is 24.2 Å². The zero-order valence-electron chi connectivity index (χ0n) is 11.6. The third-order valence-electron chi connectivity index (χ3n) is 4.01. The van der Waals surface area contributed by atoms with E-state index in [1.165, 1.54) is 11.1 Å². The zero-order chi connectivity index (χ0) is 13.4. The number of anilines is 1. The first-order chi connectivity index (χ1) is 9.15. The number of carbonyl (C=O) groups is 1. The highest BCUT2D eigenvalue weighted by Gasteiger charge is 2.35. The molecule has 1 fully saturated rings. The lowest BCUT2D eigenvalue weighted by molar-refractivity contribution is -0.119. The van der Waals surface area contributed by atoms with Gasteiger partial charge in [0.15, 0.2) is 0 Å². The Morgan fingerprint density at radius 3 is 2.95 bits per heavy atom. The molecule has 0 radical (unpaired) electrons. The SMILES string of the molecule is CC(N)Cc1ccc2c(c1)CCCN2C(=O)C1CC1. The summed E-state index contributed by atoms with van der Waals surface area (Å²) in [6, 6.07) is 6.67. The number of fused-ring (bicyclic) bond motifs is 1. The number of nitrogens with zero attached hydrogens (tertiary/aromatic N) is 1. The molecule has 0 bridgehead atoms. The summed E-state index contributed by atoms with van der Waals surface area (Å²) in [7, 11) is 0. The number of nitrogens with two attached hydrogens (primary N) is 1. The van der Waals surface area contributed by atoms with Gasteiger partial charge in [-0.1, -0.05) is 12.1 Å². The molecule has 3 heteroatoms. The van der Waals surface area contributed by atoms with Crippen LogP contribution in [0.4, 0.5) is 5.69 Å². The average Bonchev–Trinajstić information content (AvgIpc) is 3.20. The summed E-state index contributed by atoms with van der Waals surface area (Å²) in [5, 5.41) is 0. The van der Waals surface area contributed by atoms with Crippen LogP contribution in [0.1, 0.15) is 37.3 Å². The Hall–Kier alpha value is -1.35. The van der Waals surface area contributed by atoms with Gasteiger partial charge in [0.05, 0.1) is 0 Å². The molecule has 3 rings (SSSR count). The van der Waals surface area contributed by atoms with Crippen LogP contribution in [0.5, 0.6) is 0 Å². The summed E-state index contributed by atoms with van der Waals surface area (Å²) in [6.45, 7) is 2.91.